The number of aromatic hydroxyl groups is 3. The lowest BCUT2D eigenvalue weighted by molar-refractivity contribution is 0.442. The van der Waals surface area contributed by atoms with E-state index in [4.69, 9.17) is 15.3 Å². The minimum Gasteiger partial charge on any atom is -0.508 e. The average molecular weight is 364 g/mol. The van der Waals surface area contributed by atoms with Gasteiger partial charge in [-0.25, -0.2) is 0 Å². The van der Waals surface area contributed by atoms with Crippen molar-refractivity contribution in [1.29, 1.82) is 0 Å². The van der Waals surface area contributed by atoms with Crippen molar-refractivity contribution in [3.63, 3.8) is 0 Å². The number of phenols is 3. The molecule has 1 fully saturated rings. The first-order chi connectivity index (χ1) is 13.1. The molecule has 0 radical (unpaired) electrons. The molecule has 0 amide bonds. The summed E-state index contributed by atoms with van der Waals surface area (Å²) in [7, 11) is 0. The Labute approximate surface area is 161 Å². The minimum atomic E-state index is 0.322. The molecule has 1 aliphatic rings. The first kappa shape index (κ1) is 20.4. The summed E-state index contributed by atoms with van der Waals surface area (Å²) < 4.78 is 0. The molecule has 1 saturated carbocycles. The van der Waals surface area contributed by atoms with Crippen molar-refractivity contribution in [2.75, 3.05) is 0 Å². The van der Waals surface area contributed by atoms with Gasteiger partial charge in [0, 0.05) is 0 Å². The van der Waals surface area contributed by atoms with E-state index in [2.05, 4.69) is 12.1 Å². The molecule has 0 atom stereocenters. The number of para-hydroxylation sites is 2. The Balaban J connectivity index is 0.000000159. The third kappa shape index (κ3) is 8.32. The molecule has 0 unspecified atom stereocenters. The zero-order chi connectivity index (χ0) is 19.3. The summed E-state index contributed by atoms with van der Waals surface area (Å²) in [5.41, 5.74) is 1.40. The number of hydrogen-bond acceptors (Lipinski definition) is 3. The highest BCUT2D eigenvalue weighted by Gasteiger charge is 2.14. The Morgan fingerprint density at radius 1 is 0.481 bits per heavy atom. The van der Waals surface area contributed by atoms with Crippen molar-refractivity contribution in [2.45, 2.75) is 38.0 Å². The van der Waals surface area contributed by atoms with Crippen LogP contribution in [0.25, 0.3) is 0 Å². The number of phenolic OH excluding ortho intramolecular Hbond substituents is 3. The van der Waals surface area contributed by atoms with Crippen LogP contribution in [-0.4, -0.2) is 15.3 Å². The highest BCUT2D eigenvalue weighted by atomic mass is 16.3. The van der Waals surface area contributed by atoms with Crippen LogP contribution in [0.5, 0.6) is 17.2 Å². The molecular weight excluding hydrogens is 336 g/mol. The molecule has 3 heteroatoms. The third-order valence-corrected chi connectivity index (χ3v) is 4.48. The highest BCUT2D eigenvalue weighted by molar-refractivity contribution is 5.28. The summed E-state index contributed by atoms with van der Waals surface area (Å²) in [6.45, 7) is 0. The van der Waals surface area contributed by atoms with Crippen molar-refractivity contribution in [1.82, 2.24) is 0 Å². The summed E-state index contributed by atoms with van der Waals surface area (Å²) in [5, 5.41) is 26.4. The maximum absolute atomic E-state index is 9.16. The Morgan fingerprint density at radius 3 is 1.26 bits per heavy atom. The largest absolute Gasteiger partial charge is 0.508 e. The predicted molar refractivity (Wildman–Crippen MR) is 110 cm³/mol. The lowest BCUT2D eigenvalue weighted by Crippen LogP contribution is -2.03. The first-order valence-corrected chi connectivity index (χ1v) is 9.42. The molecule has 0 saturated heterocycles. The van der Waals surface area contributed by atoms with Gasteiger partial charge in [-0.2, -0.15) is 0 Å². The maximum atomic E-state index is 9.16. The average Bonchev–Trinajstić information content (AvgIpc) is 2.71. The van der Waals surface area contributed by atoms with Crippen LogP contribution in [0.4, 0.5) is 0 Å². The Hall–Kier alpha value is -2.94. The second-order valence-corrected chi connectivity index (χ2v) is 6.60. The fourth-order valence-corrected chi connectivity index (χ4v) is 3.04. The zero-order valence-corrected chi connectivity index (χ0v) is 15.5. The van der Waals surface area contributed by atoms with Gasteiger partial charge in [-0.3, -0.25) is 0 Å². The van der Waals surface area contributed by atoms with Gasteiger partial charge in [0.05, 0.1) is 0 Å². The molecule has 0 spiro atoms. The molecule has 0 heterocycles. The second kappa shape index (κ2) is 11.6. The molecule has 1 aliphatic carbocycles. The summed E-state index contributed by atoms with van der Waals surface area (Å²) >= 11 is 0. The van der Waals surface area contributed by atoms with E-state index < -0.39 is 0 Å². The quantitative estimate of drug-likeness (QED) is 0.480. The summed E-state index contributed by atoms with van der Waals surface area (Å²) in [6.07, 6.45) is 6.78. The van der Waals surface area contributed by atoms with Gasteiger partial charge in [0.2, 0.25) is 0 Å². The smallest absolute Gasteiger partial charge is 0.115 e. The van der Waals surface area contributed by atoms with Crippen molar-refractivity contribution < 1.29 is 15.3 Å². The molecule has 3 nitrogen and oxygen atoms in total. The molecule has 142 valence electrons. The van der Waals surface area contributed by atoms with Crippen LogP contribution in [0.2, 0.25) is 0 Å². The molecule has 0 aromatic heterocycles. The molecule has 3 aromatic carbocycles. The van der Waals surface area contributed by atoms with Crippen molar-refractivity contribution >= 4 is 0 Å². The van der Waals surface area contributed by atoms with Gasteiger partial charge in [-0.1, -0.05) is 67.8 Å². The Morgan fingerprint density at radius 2 is 0.889 bits per heavy atom. The van der Waals surface area contributed by atoms with E-state index in [1.54, 1.807) is 60.7 Å². The maximum Gasteiger partial charge on any atom is 0.115 e. The SMILES string of the molecule is Oc1ccc(C2CCCCC2)cc1.Oc1ccccc1.Oc1ccccc1. The number of benzene rings is 3. The number of rotatable bonds is 1. The fraction of sp³-hybridized carbons (Fsp3) is 0.250. The van der Waals surface area contributed by atoms with Gasteiger partial charge in [0.25, 0.3) is 0 Å². The normalized spacial score (nSPS) is 13.5. The topological polar surface area (TPSA) is 60.7 Å². The molecular formula is C24H28O3. The minimum absolute atomic E-state index is 0.322. The van der Waals surface area contributed by atoms with E-state index in [-0.39, 0.29) is 0 Å². The Kier molecular flexibility index (Phi) is 8.78. The van der Waals surface area contributed by atoms with E-state index in [0.29, 0.717) is 17.2 Å². The lowest BCUT2D eigenvalue weighted by atomic mass is 9.84. The van der Waals surface area contributed by atoms with Crippen LogP contribution in [0.3, 0.4) is 0 Å². The predicted octanol–water partition coefficient (Wildman–Crippen LogP) is 6.22. The monoisotopic (exact) mass is 364 g/mol. The van der Waals surface area contributed by atoms with E-state index in [1.165, 1.54) is 37.7 Å². The van der Waals surface area contributed by atoms with E-state index in [1.807, 2.05) is 12.1 Å². The van der Waals surface area contributed by atoms with Crippen LogP contribution in [0, 0.1) is 0 Å². The fourth-order valence-electron chi connectivity index (χ4n) is 3.04. The van der Waals surface area contributed by atoms with Gasteiger partial charge in [-0.05, 0) is 60.7 Å². The van der Waals surface area contributed by atoms with Crippen LogP contribution in [0.1, 0.15) is 43.6 Å². The molecule has 4 rings (SSSR count). The molecule has 27 heavy (non-hydrogen) atoms. The lowest BCUT2D eigenvalue weighted by Gasteiger charge is -2.21. The van der Waals surface area contributed by atoms with E-state index in [0.717, 1.165) is 5.92 Å². The molecule has 3 aromatic rings. The van der Waals surface area contributed by atoms with Gasteiger partial charge < -0.3 is 15.3 Å². The summed E-state index contributed by atoms with van der Waals surface area (Å²) in [4.78, 5) is 0. The first-order valence-electron chi connectivity index (χ1n) is 9.42. The molecule has 0 bridgehead atoms. The van der Waals surface area contributed by atoms with Crippen LogP contribution in [0.15, 0.2) is 84.9 Å². The summed E-state index contributed by atoms with van der Waals surface area (Å²) in [6, 6.07) is 25.1. The molecule has 0 aliphatic heterocycles. The van der Waals surface area contributed by atoms with Gasteiger partial charge in [0.15, 0.2) is 0 Å². The van der Waals surface area contributed by atoms with Crippen molar-refractivity contribution in [3.8, 4) is 17.2 Å². The Bertz CT molecular complexity index is 696. The van der Waals surface area contributed by atoms with E-state index >= 15 is 0 Å². The zero-order valence-electron chi connectivity index (χ0n) is 15.5. The summed E-state index contributed by atoms with van der Waals surface area (Å²) in [5.74, 6) is 1.76. The second-order valence-electron chi connectivity index (χ2n) is 6.60. The third-order valence-electron chi connectivity index (χ3n) is 4.48. The van der Waals surface area contributed by atoms with Crippen LogP contribution >= 0.6 is 0 Å². The van der Waals surface area contributed by atoms with Crippen LogP contribution in [-0.2, 0) is 0 Å². The standard InChI is InChI=1S/C12H16O.2C6H6O/c13-12-8-6-11(7-9-12)10-4-2-1-3-5-10;2*7-6-4-2-1-3-5-6/h6-10,13H,1-5H2;2*1-5,7H. The van der Waals surface area contributed by atoms with Gasteiger partial charge in [-0.15, -0.1) is 0 Å². The van der Waals surface area contributed by atoms with Gasteiger partial charge >= 0.3 is 0 Å². The number of hydrogen-bond donors (Lipinski definition) is 3. The van der Waals surface area contributed by atoms with Crippen molar-refractivity contribution in [2.24, 2.45) is 0 Å². The van der Waals surface area contributed by atoms with Gasteiger partial charge in [0.1, 0.15) is 17.2 Å². The van der Waals surface area contributed by atoms with E-state index in [9.17, 15) is 0 Å². The van der Waals surface area contributed by atoms with Crippen molar-refractivity contribution in [3.05, 3.63) is 90.5 Å². The van der Waals surface area contributed by atoms with Crippen LogP contribution < -0.4 is 0 Å². The highest BCUT2D eigenvalue weighted by Crippen LogP contribution is 2.32. The molecule has 3 N–H and O–H groups in total.